The highest BCUT2D eigenvalue weighted by Crippen LogP contribution is 2.10. The zero-order valence-electron chi connectivity index (χ0n) is 7.82. The largest absolute Gasteiger partial charge is 0.261 e. The summed E-state index contributed by atoms with van der Waals surface area (Å²) < 4.78 is 0. The molecule has 0 aliphatic heterocycles. The van der Waals surface area contributed by atoms with E-state index in [9.17, 15) is 0 Å². The van der Waals surface area contributed by atoms with Gasteiger partial charge in [-0.05, 0) is 0 Å². The van der Waals surface area contributed by atoms with Gasteiger partial charge in [0.05, 0.1) is 0 Å². The van der Waals surface area contributed by atoms with Crippen molar-refractivity contribution >= 4 is 14.1 Å². The summed E-state index contributed by atoms with van der Waals surface area (Å²) in [4.78, 5) is 0. The minimum atomic E-state index is -0.224. The van der Waals surface area contributed by atoms with Crippen molar-refractivity contribution in [1.29, 1.82) is 0 Å². The van der Waals surface area contributed by atoms with E-state index in [4.69, 9.17) is 0 Å². The Morgan fingerprint density at radius 2 is 1.50 bits per heavy atom. The number of unbranched alkanes of at least 4 members (excludes halogenated alkanes) is 2. The van der Waals surface area contributed by atoms with Gasteiger partial charge in [-0.25, -0.2) is 0 Å². The van der Waals surface area contributed by atoms with Gasteiger partial charge in [-0.2, -0.15) is 0 Å². The van der Waals surface area contributed by atoms with Crippen LogP contribution in [0.3, 0.4) is 0 Å². The Kier molecular flexibility index (Phi) is 8.04. The molecule has 0 spiro atoms. The molecule has 0 N–H and O–H groups in total. The maximum Gasteiger partial charge on any atom is 0.261 e. The van der Waals surface area contributed by atoms with Gasteiger partial charge in [0.15, 0.2) is 0 Å². The average Bonchev–Trinajstić information content (AvgIpc) is 1.99. The van der Waals surface area contributed by atoms with E-state index in [2.05, 4.69) is 20.8 Å². The Morgan fingerprint density at radius 1 is 0.900 bits per heavy atom. The summed E-state index contributed by atoms with van der Waals surface area (Å²) >= 11 is -0.224. The van der Waals surface area contributed by atoms with Crippen LogP contribution in [0, 0.1) is 0 Å². The predicted octanol–water partition coefficient (Wildman–Crippen LogP) is 3.71. The normalized spacial score (nSPS) is 9.90. The van der Waals surface area contributed by atoms with Crippen LogP contribution in [-0.4, -0.2) is 14.1 Å². The number of hydrogen-bond donors (Lipinski definition) is 0. The zero-order chi connectivity index (χ0) is 7.82. The van der Waals surface area contributed by atoms with Gasteiger partial charge >= 0.3 is 0 Å². The first-order valence-electron chi connectivity index (χ1n) is 4.85. The van der Waals surface area contributed by atoms with E-state index in [1.165, 1.54) is 29.8 Å². The standard InChI is InChI=1S/C5H11.2C2H5.Al/c1-3-5-4-2;2*1-2;/h1,3-5H2,2H3;2*1H2,2H3;. The van der Waals surface area contributed by atoms with Crippen LogP contribution in [0.15, 0.2) is 0 Å². The first kappa shape index (κ1) is 10.5. The van der Waals surface area contributed by atoms with Crippen LogP contribution in [0.2, 0.25) is 15.8 Å². The Balaban J connectivity index is 3.09. The van der Waals surface area contributed by atoms with E-state index in [0.717, 1.165) is 0 Å². The third-order valence-corrected chi connectivity index (χ3v) is 5.90. The predicted molar refractivity (Wildman–Crippen MR) is 51.0 cm³/mol. The van der Waals surface area contributed by atoms with Gasteiger partial charge in [-0.1, -0.05) is 55.9 Å². The smallest absolute Gasteiger partial charge is 0.0967 e. The minimum Gasteiger partial charge on any atom is -0.0967 e. The molecule has 0 rings (SSSR count). The number of hydrogen-bond acceptors (Lipinski definition) is 0. The minimum absolute atomic E-state index is 0.224. The summed E-state index contributed by atoms with van der Waals surface area (Å²) in [5.41, 5.74) is 0. The lowest BCUT2D eigenvalue weighted by Gasteiger charge is -2.04. The molecule has 10 heavy (non-hydrogen) atoms. The average molecular weight is 156 g/mol. The Bertz CT molecular complexity index is 57.7. The SMILES string of the molecule is CCCC[CH2][Al]([CH2]C)[CH2]C. The summed E-state index contributed by atoms with van der Waals surface area (Å²) in [6.45, 7) is 7.02. The lowest BCUT2D eigenvalue weighted by Crippen LogP contribution is -2.07. The van der Waals surface area contributed by atoms with Crippen molar-refractivity contribution in [3.8, 4) is 0 Å². The van der Waals surface area contributed by atoms with Gasteiger partial charge in [0.2, 0.25) is 0 Å². The van der Waals surface area contributed by atoms with Crippen LogP contribution in [0.1, 0.15) is 40.0 Å². The Morgan fingerprint density at radius 3 is 1.90 bits per heavy atom. The molecule has 0 unspecified atom stereocenters. The lowest BCUT2D eigenvalue weighted by molar-refractivity contribution is 0.763. The van der Waals surface area contributed by atoms with Crippen LogP contribution in [-0.2, 0) is 0 Å². The van der Waals surface area contributed by atoms with E-state index in [1.54, 1.807) is 5.28 Å². The highest BCUT2D eigenvalue weighted by Gasteiger charge is 2.09. The third kappa shape index (κ3) is 5.33. The fourth-order valence-electron chi connectivity index (χ4n) is 1.38. The molecule has 0 radical (unpaired) electrons. The second kappa shape index (κ2) is 7.64. The maximum atomic E-state index is 2.37. The first-order chi connectivity index (χ1) is 4.85. The zero-order valence-corrected chi connectivity index (χ0v) is 8.97. The van der Waals surface area contributed by atoms with Crippen molar-refractivity contribution in [3.63, 3.8) is 0 Å². The third-order valence-electron chi connectivity index (χ3n) is 2.37. The lowest BCUT2D eigenvalue weighted by atomic mass is 10.3. The van der Waals surface area contributed by atoms with Crippen LogP contribution in [0.5, 0.6) is 0 Å². The van der Waals surface area contributed by atoms with E-state index >= 15 is 0 Å². The fourth-order valence-corrected chi connectivity index (χ4v) is 3.64. The van der Waals surface area contributed by atoms with E-state index < -0.39 is 0 Å². The molecule has 60 valence electrons. The van der Waals surface area contributed by atoms with Crippen molar-refractivity contribution < 1.29 is 0 Å². The van der Waals surface area contributed by atoms with Gasteiger partial charge < -0.3 is 0 Å². The molecular formula is C9H21Al. The highest BCUT2D eigenvalue weighted by atomic mass is 27.2. The molecule has 0 aromatic heterocycles. The van der Waals surface area contributed by atoms with Crippen LogP contribution < -0.4 is 0 Å². The molecule has 0 saturated heterocycles. The molecule has 0 aliphatic rings. The van der Waals surface area contributed by atoms with Crippen molar-refractivity contribution in [3.05, 3.63) is 0 Å². The molecule has 0 fully saturated rings. The number of rotatable bonds is 6. The van der Waals surface area contributed by atoms with Crippen molar-refractivity contribution in [1.82, 2.24) is 0 Å². The van der Waals surface area contributed by atoms with Crippen molar-refractivity contribution in [2.24, 2.45) is 0 Å². The summed E-state index contributed by atoms with van der Waals surface area (Å²) in [6.07, 6.45) is 4.35. The monoisotopic (exact) mass is 156 g/mol. The summed E-state index contributed by atoms with van der Waals surface area (Å²) in [6, 6.07) is 0. The molecule has 0 nitrogen and oxygen atoms in total. The summed E-state index contributed by atoms with van der Waals surface area (Å²) in [7, 11) is 0. The highest BCUT2D eigenvalue weighted by molar-refractivity contribution is 6.58. The van der Waals surface area contributed by atoms with Gasteiger partial charge in [0.25, 0.3) is 14.1 Å². The molecule has 1 heteroatoms. The fraction of sp³-hybridized carbons (Fsp3) is 1.00. The molecule has 0 aliphatic carbocycles. The van der Waals surface area contributed by atoms with Crippen molar-refractivity contribution in [2.75, 3.05) is 0 Å². The molecular weight excluding hydrogens is 135 g/mol. The molecule has 0 aromatic carbocycles. The summed E-state index contributed by atoms with van der Waals surface area (Å²) in [5.74, 6) is 0. The molecule has 0 amide bonds. The van der Waals surface area contributed by atoms with Gasteiger partial charge in [-0.3, -0.25) is 0 Å². The van der Waals surface area contributed by atoms with E-state index in [1.807, 2.05) is 0 Å². The van der Waals surface area contributed by atoms with Gasteiger partial charge in [-0.15, -0.1) is 0 Å². The maximum absolute atomic E-state index is 2.37. The van der Waals surface area contributed by atoms with Crippen molar-refractivity contribution in [2.45, 2.75) is 55.9 Å². The van der Waals surface area contributed by atoms with E-state index in [0.29, 0.717) is 0 Å². The molecule has 0 bridgehead atoms. The van der Waals surface area contributed by atoms with Gasteiger partial charge in [0.1, 0.15) is 0 Å². The second-order valence-electron chi connectivity index (χ2n) is 3.18. The molecule has 0 heterocycles. The first-order valence-corrected chi connectivity index (χ1v) is 7.30. The topological polar surface area (TPSA) is 0 Å². The Hall–Kier alpha value is 0.532. The molecule has 0 aromatic rings. The van der Waals surface area contributed by atoms with Crippen LogP contribution >= 0.6 is 0 Å². The van der Waals surface area contributed by atoms with Gasteiger partial charge in [0, 0.05) is 0 Å². The van der Waals surface area contributed by atoms with E-state index in [-0.39, 0.29) is 14.1 Å². The Labute approximate surface area is 70.4 Å². The second-order valence-corrected chi connectivity index (χ2v) is 7.12. The van der Waals surface area contributed by atoms with Crippen LogP contribution in [0.4, 0.5) is 0 Å². The summed E-state index contributed by atoms with van der Waals surface area (Å²) in [5, 5.41) is 4.63. The quantitative estimate of drug-likeness (QED) is 0.406. The van der Waals surface area contributed by atoms with Crippen LogP contribution in [0.25, 0.3) is 0 Å². The molecule has 0 atom stereocenters. The molecule has 0 saturated carbocycles.